The number of cyclic esters (lactones) is 1. The summed E-state index contributed by atoms with van der Waals surface area (Å²) in [7, 11) is 3.29. The van der Waals surface area contributed by atoms with Crippen LogP contribution in [0.2, 0.25) is 0 Å². The van der Waals surface area contributed by atoms with Gasteiger partial charge in [0.25, 0.3) is 0 Å². The predicted molar refractivity (Wildman–Crippen MR) is 105 cm³/mol. The first-order chi connectivity index (χ1) is 14.0. The van der Waals surface area contributed by atoms with Crippen LogP contribution in [-0.2, 0) is 9.53 Å². The summed E-state index contributed by atoms with van der Waals surface area (Å²) in [5.41, 5.74) is 4.16. The van der Waals surface area contributed by atoms with Crippen molar-refractivity contribution >= 4 is 5.97 Å². The molecule has 6 heteroatoms. The Kier molecular flexibility index (Phi) is 4.12. The fraction of sp³-hybridized carbons (Fsp3) is 0.435. The summed E-state index contributed by atoms with van der Waals surface area (Å²) in [5, 5.41) is 0. The van der Waals surface area contributed by atoms with Gasteiger partial charge in [-0.25, -0.2) is 0 Å². The molecule has 0 radical (unpaired) electrons. The molecule has 2 aromatic rings. The Labute approximate surface area is 169 Å². The first-order valence-electron chi connectivity index (χ1n) is 9.86. The van der Waals surface area contributed by atoms with E-state index >= 15 is 0 Å². The third-order valence-corrected chi connectivity index (χ3v) is 6.69. The highest BCUT2D eigenvalue weighted by Crippen LogP contribution is 2.55. The minimum absolute atomic E-state index is 0.110. The van der Waals surface area contributed by atoms with Gasteiger partial charge in [0.15, 0.2) is 11.5 Å². The molecule has 2 aliphatic heterocycles. The average molecular weight is 396 g/mol. The van der Waals surface area contributed by atoms with Crippen LogP contribution in [0.15, 0.2) is 24.3 Å². The number of esters is 1. The van der Waals surface area contributed by atoms with Crippen molar-refractivity contribution in [2.45, 2.75) is 25.7 Å². The van der Waals surface area contributed by atoms with Gasteiger partial charge in [0.2, 0.25) is 6.79 Å². The fourth-order valence-electron chi connectivity index (χ4n) is 5.13. The lowest BCUT2D eigenvalue weighted by Crippen LogP contribution is -2.33. The predicted octanol–water partition coefficient (Wildman–Crippen LogP) is 3.78. The normalized spacial score (nSPS) is 26.6. The smallest absolute Gasteiger partial charge is 0.310 e. The van der Waals surface area contributed by atoms with Gasteiger partial charge in [0.1, 0.15) is 11.5 Å². The van der Waals surface area contributed by atoms with E-state index in [0.717, 1.165) is 39.7 Å². The van der Waals surface area contributed by atoms with Gasteiger partial charge in [0, 0.05) is 17.4 Å². The monoisotopic (exact) mass is 396 g/mol. The topological polar surface area (TPSA) is 63.2 Å². The molecule has 0 amide bonds. The molecule has 0 aromatic heterocycles. The van der Waals surface area contributed by atoms with Gasteiger partial charge in [-0.1, -0.05) is 6.92 Å². The Hall–Kier alpha value is -2.89. The van der Waals surface area contributed by atoms with Crippen LogP contribution in [0.3, 0.4) is 0 Å². The van der Waals surface area contributed by atoms with Crippen LogP contribution in [0.4, 0.5) is 0 Å². The molecular weight excluding hydrogens is 372 g/mol. The number of hydrogen-bond acceptors (Lipinski definition) is 6. The van der Waals surface area contributed by atoms with Crippen molar-refractivity contribution in [2.24, 2.45) is 11.8 Å². The zero-order valence-electron chi connectivity index (χ0n) is 17.0. The van der Waals surface area contributed by atoms with Crippen LogP contribution in [0.1, 0.15) is 41.0 Å². The maximum absolute atomic E-state index is 12.8. The quantitative estimate of drug-likeness (QED) is 0.736. The van der Waals surface area contributed by atoms with E-state index in [1.165, 1.54) is 5.56 Å². The Bertz CT molecular complexity index is 972. The first-order valence-corrected chi connectivity index (χ1v) is 9.86. The van der Waals surface area contributed by atoms with Gasteiger partial charge in [-0.3, -0.25) is 4.79 Å². The van der Waals surface area contributed by atoms with Crippen LogP contribution in [-0.4, -0.2) is 33.6 Å². The van der Waals surface area contributed by atoms with E-state index in [0.29, 0.717) is 6.61 Å². The van der Waals surface area contributed by atoms with Crippen LogP contribution < -0.4 is 18.9 Å². The third-order valence-electron chi connectivity index (χ3n) is 6.69. The molecular formula is C23H24O6. The summed E-state index contributed by atoms with van der Waals surface area (Å²) in [4.78, 5) is 12.8. The number of benzene rings is 2. The second-order valence-corrected chi connectivity index (χ2v) is 7.97. The van der Waals surface area contributed by atoms with Crippen LogP contribution >= 0.6 is 0 Å². The molecule has 0 N–H and O–H groups in total. The van der Waals surface area contributed by atoms with Crippen molar-refractivity contribution in [1.29, 1.82) is 0 Å². The van der Waals surface area contributed by atoms with Crippen molar-refractivity contribution in [2.75, 3.05) is 27.6 Å². The van der Waals surface area contributed by atoms with E-state index in [1.54, 1.807) is 14.2 Å². The largest absolute Gasteiger partial charge is 0.496 e. The highest BCUT2D eigenvalue weighted by Gasteiger charge is 2.51. The summed E-state index contributed by atoms with van der Waals surface area (Å²) in [5.74, 6) is 2.68. The van der Waals surface area contributed by atoms with E-state index < -0.39 is 0 Å². The molecule has 1 fully saturated rings. The first kappa shape index (κ1) is 18.2. The Morgan fingerprint density at radius 1 is 0.931 bits per heavy atom. The summed E-state index contributed by atoms with van der Waals surface area (Å²) in [6.07, 6.45) is 0. The van der Waals surface area contributed by atoms with Crippen molar-refractivity contribution in [3.8, 4) is 23.0 Å². The van der Waals surface area contributed by atoms with Gasteiger partial charge in [0.05, 0.1) is 26.7 Å². The molecule has 1 saturated heterocycles. The van der Waals surface area contributed by atoms with E-state index in [1.807, 2.05) is 25.1 Å². The van der Waals surface area contributed by atoms with Gasteiger partial charge < -0.3 is 23.7 Å². The van der Waals surface area contributed by atoms with Gasteiger partial charge in [-0.05, 0) is 53.8 Å². The second kappa shape index (κ2) is 6.58. The van der Waals surface area contributed by atoms with Crippen molar-refractivity contribution in [1.82, 2.24) is 0 Å². The number of rotatable bonds is 3. The van der Waals surface area contributed by atoms with E-state index in [2.05, 4.69) is 13.0 Å². The molecule has 0 unspecified atom stereocenters. The molecule has 0 bridgehead atoms. The minimum Gasteiger partial charge on any atom is -0.496 e. The molecule has 29 heavy (non-hydrogen) atoms. The van der Waals surface area contributed by atoms with Gasteiger partial charge in [-0.15, -0.1) is 0 Å². The number of fused-ring (bicyclic) bond motifs is 3. The fourth-order valence-corrected chi connectivity index (χ4v) is 5.13. The van der Waals surface area contributed by atoms with Crippen molar-refractivity contribution in [3.63, 3.8) is 0 Å². The van der Waals surface area contributed by atoms with E-state index in [4.69, 9.17) is 23.7 Å². The number of carbonyl (C=O) groups excluding carboxylic acids is 1. The maximum Gasteiger partial charge on any atom is 0.310 e. The summed E-state index contributed by atoms with van der Waals surface area (Å²) in [6.45, 7) is 4.78. The molecule has 3 aliphatic rings. The highest BCUT2D eigenvalue weighted by molar-refractivity contribution is 5.79. The minimum atomic E-state index is -0.255. The molecule has 5 rings (SSSR count). The second-order valence-electron chi connectivity index (χ2n) is 7.97. The van der Waals surface area contributed by atoms with Crippen molar-refractivity contribution < 1.29 is 28.5 Å². The lowest BCUT2D eigenvalue weighted by molar-refractivity contribution is -0.141. The lowest BCUT2D eigenvalue weighted by atomic mass is 9.63. The zero-order valence-corrected chi connectivity index (χ0v) is 17.0. The van der Waals surface area contributed by atoms with Crippen LogP contribution in [0, 0.1) is 18.8 Å². The SMILES string of the molecule is COc1cc([C@@H]2c3cc4c(cc3[C@@H](C)[C@H]3COC(=O)[C@H]23)OCO4)cc(OC)c1C. The molecule has 2 aromatic carbocycles. The third kappa shape index (κ3) is 2.58. The molecule has 1 aliphatic carbocycles. The number of hydrogen-bond donors (Lipinski definition) is 0. The Morgan fingerprint density at radius 2 is 1.55 bits per heavy atom. The van der Waals surface area contributed by atoms with Crippen LogP contribution in [0.25, 0.3) is 0 Å². The van der Waals surface area contributed by atoms with Crippen molar-refractivity contribution in [3.05, 3.63) is 46.5 Å². The average Bonchev–Trinajstić information content (AvgIpc) is 3.34. The number of ether oxygens (including phenoxy) is 5. The highest BCUT2D eigenvalue weighted by atomic mass is 16.7. The van der Waals surface area contributed by atoms with E-state index in [-0.39, 0.29) is 36.4 Å². The molecule has 0 spiro atoms. The molecule has 152 valence electrons. The Balaban J connectivity index is 1.75. The summed E-state index contributed by atoms with van der Waals surface area (Å²) < 4.78 is 28.0. The van der Waals surface area contributed by atoms with E-state index in [9.17, 15) is 4.79 Å². The lowest BCUT2D eigenvalue weighted by Gasteiger charge is -2.38. The number of carbonyl (C=O) groups is 1. The number of methoxy groups -OCH3 is 2. The molecule has 0 saturated carbocycles. The Morgan fingerprint density at radius 3 is 2.17 bits per heavy atom. The van der Waals surface area contributed by atoms with Crippen LogP contribution in [0.5, 0.6) is 23.0 Å². The van der Waals surface area contributed by atoms with Gasteiger partial charge in [-0.2, -0.15) is 0 Å². The molecule has 4 atom stereocenters. The molecule has 2 heterocycles. The summed E-state index contributed by atoms with van der Waals surface area (Å²) in [6, 6.07) is 8.11. The standard InChI is InChI=1S/C23H24O6/c1-11-14-7-19-20(29-10-28-19)8-15(14)21(22-16(11)9-27-23(22)24)13-5-17(25-3)12(2)18(6-13)26-4/h5-8,11,16,21-22H,9-10H2,1-4H3/t11-,16-,21-,22+/m1/s1. The van der Waals surface area contributed by atoms with Gasteiger partial charge >= 0.3 is 5.97 Å². The summed E-state index contributed by atoms with van der Waals surface area (Å²) >= 11 is 0. The maximum atomic E-state index is 12.8. The zero-order chi connectivity index (χ0) is 20.3. The molecule has 6 nitrogen and oxygen atoms in total.